The van der Waals surface area contributed by atoms with Crippen LogP contribution in [0, 0.1) is 0 Å². The van der Waals surface area contributed by atoms with Gasteiger partial charge in [0.15, 0.2) is 0 Å². The summed E-state index contributed by atoms with van der Waals surface area (Å²) in [5.41, 5.74) is 5.87. The number of nitrogens with one attached hydrogen (secondary N) is 1. The lowest BCUT2D eigenvalue weighted by atomic mass is 10.4. The highest BCUT2D eigenvalue weighted by Crippen LogP contribution is 2.18. The van der Waals surface area contributed by atoms with Crippen LogP contribution >= 0.6 is 0 Å². The Labute approximate surface area is 69.8 Å². The topological polar surface area (TPSA) is 65.0 Å². The Morgan fingerprint density at radius 1 is 1.42 bits per heavy atom. The molecule has 1 aliphatic rings. The van der Waals surface area contributed by atoms with Crippen LogP contribution in [-0.2, 0) is 13.1 Å². The van der Waals surface area contributed by atoms with Crippen LogP contribution in [0.3, 0.4) is 0 Å². The van der Waals surface area contributed by atoms with E-state index in [1.165, 1.54) is 0 Å². The van der Waals surface area contributed by atoms with Crippen LogP contribution in [0.25, 0.3) is 0 Å². The molecule has 0 unspecified atom stereocenters. The summed E-state index contributed by atoms with van der Waals surface area (Å²) < 4.78 is 3.58. The van der Waals surface area contributed by atoms with Crippen molar-refractivity contribution in [2.45, 2.75) is 19.5 Å². The van der Waals surface area contributed by atoms with Crippen molar-refractivity contribution in [3.63, 3.8) is 0 Å². The van der Waals surface area contributed by atoms with Crippen molar-refractivity contribution in [1.29, 1.82) is 0 Å². The molecule has 2 heterocycles. The molecule has 66 valence electrons. The van der Waals surface area contributed by atoms with Crippen molar-refractivity contribution in [2.24, 2.45) is 0 Å². The summed E-state index contributed by atoms with van der Waals surface area (Å²) >= 11 is 0. The first-order valence-electron chi connectivity index (χ1n) is 4.02. The quantitative estimate of drug-likeness (QED) is 0.604. The minimum Gasteiger partial charge on any atom is -0.391 e. The summed E-state index contributed by atoms with van der Waals surface area (Å²) in [6, 6.07) is 0. The predicted molar refractivity (Wildman–Crippen MR) is 47.3 cm³/mol. The first-order chi connectivity index (χ1) is 5.75. The van der Waals surface area contributed by atoms with Crippen molar-refractivity contribution in [3.8, 4) is 0 Å². The number of aromatic nitrogens is 2. The van der Waals surface area contributed by atoms with Gasteiger partial charge in [-0.1, -0.05) is 0 Å². The number of hydrogen-bond acceptors (Lipinski definition) is 3. The zero-order valence-corrected chi connectivity index (χ0v) is 7.00. The van der Waals surface area contributed by atoms with Crippen molar-refractivity contribution >= 4 is 11.5 Å². The normalized spacial score (nSPS) is 14.8. The van der Waals surface area contributed by atoms with E-state index in [4.69, 9.17) is 5.73 Å². The molecular formula is C7H12N4O. The average Bonchev–Trinajstić information content (AvgIpc) is 2.59. The van der Waals surface area contributed by atoms with Gasteiger partial charge in [0.1, 0.15) is 11.5 Å². The van der Waals surface area contributed by atoms with Crippen LogP contribution in [-0.4, -0.2) is 16.4 Å². The Morgan fingerprint density at radius 3 is 2.75 bits per heavy atom. The SMILES string of the molecule is CNc1c(N)c(=O)n2n1CCC2. The fourth-order valence-corrected chi connectivity index (χ4v) is 1.70. The molecule has 3 N–H and O–H groups in total. The molecule has 0 amide bonds. The van der Waals surface area contributed by atoms with Crippen molar-refractivity contribution in [3.05, 3.63) is 10.4 Å². The molecular weight excluding hydrogens is 156 g/mol. The molecule has 0 atom stereocenters. The van der Waals surface area contributed by atoms with E-state index in [9.17, 15) is 4.79 Å². The van der Waals surface area contributed by atoms with E-state index in [1.54, 1.807) is 11.7 Å². The molecule has 0 saturated heterocycles. The minimum absolute atomic E-state index is 0.0724. The molecule has 0 bridgehead atoms. The second-order valence-electron chi connectivity index (χ2n) is 2.92. The van der Waals surface area contributed by atoms with Gasteiger partial charge in [-0.2, -0.15) is 0 Å². The van der Waals surface area contributed by atoms with Crippen molar-refractivity contribution in [2.75, 3.05) is 18.1 Å². The van der Waals surface area contributed by atoms with E-state index >= 15 is 0 Å². The van der Waals surface area contributed by atoms with Crippen LogP contribution in [0.5, 0.6) is 0 Å². The standard InChI is InChI=1S/C7H12N4O/c1-9-6-5(8)7(12)11-4-2-3-10(6)11/h9H,2-4,8H2,1H3. The average molecular weight is 168 g/mol. The maximum atomic E-state index is 11.4. The molecule has 1 aromatic heterocycles. The van der Waals surface area contributed by atoms with Gasteiger partial charge in [-0.3, -0.25) is 9.48 Å². The van der Waals surface area contributed by atoms with Crippen LogP contribution in [0.4, 0.5) is 11.5 Å². The third-order valence-corrected chi connectivity index (χ3v) is 2.25. The van der Waals surface area contributed by atoms with Gasteiger partial charge in [0, 0.05) is 20.1 Å². The molecule has 12 heavy (non-hydrogen) atoms. The van der Waals surface area contributed by atoms with Crippen LogP contribution < -0.4 is 16.6 Å². The zero-order chi connectivity index (χ0) is 8.72. The van der Waals surface area contributed by atoms with Gasteiger partial charge in [-0.05, 0) is 6.42 Å². The van der Waals surface area contributed by atoms with Gasteiger partial charge in [0.05, 0.1) is 0 Å². The first kappa shape index (κ1) is 7.27. The summed E-state index contributed by atoms with van der Waals surface area (Å²) in [6.45, 7) is 1.66. The fraction of sp³-hybridized carbons (Fsp3) is 0.571. The van der Waals surface area contributed by atoms with E-state index in [-0.39, 0.29) is 5.56 Å². The summed E-state index contributed by atoms with van der Waals surface area (Å²) in [6.07, 6.45) is 1.02. The molecule has 1 aromatic rings. The maximum absolute atomic E-state index is 11.4. The lowest BCUT2D eigenvalue weighted by Crippen LogP contribution is -2.18. The summed E-state index contributed by atoms with van der Waals surface area (Å²) in [7, 11) is 1.78. The van der Waals surface area contributed by atoms with Gasteiger partial charge < -0.3 is 11.1 Å². The first-order valence-corrected chi connectivity index (χ1v) is 4.02. The fourth-order valence-electron chi connectivity index (χ4n) is 1.70. The number of nitrogens with zero attached hydrogens (tertiary/aromatic N) is 2. The van der Waals surface area contributed by atoms with Crippen molar-refractivity contribution < 1.29 is 0 Å². The Kier molecular flexibility index (Phi) is 1.39. The predicted octanol–water partition coefficient (Wildman–Crippen LogP) is -0.323. The van der Waals surface area contributed by atoms with E-state index in [2.05, 4.69) is 5.32 Å². The third-order valence-electron chi connectivity index (χ3n) is 2.25. The van der Waals surface area contributed by atoms with E-state index < -0.39 is 0 Å². The lowest BCUT2D eigenvalue weighted by molar-refractivity contribution is 0.600. The minimum atomic E-state index is -0.0724. The number of fused-ring (bicyclic) bond motifs is 1. The summed E-state index contributed by atoms with van der Waals surface area (Å²) in [5.74, 6) is 0.748. The Balaban J connectivity index is 2.70. The van der Waals surface area contributed by atoms with E-state index in [0.29, 0.717) is 5.69 Å². The van der Waals surface area contributed by atoms with Gasteiger partial charge in [-0.15, -0.1) is 0 Å². The largest absolute Gasteiger partial charge is 0.391 e. The number of nitrogens with two attached hydrogens (primary N) is 1. The van der Waals surface area contributed by atoms with Crippen LogP contribution in [0.2, 0.25) is 0 Å². The highest BCUT2D eigenvalue weighted by atomic mass is 16.1. The molecule has 0 aromatic carbocycles. The number of nitrogen functional groups attached to an aromatic ring is 1. The van der Waals surface area contributed by atoms with E-state index in [0.717, 1.165) is 25.3 Å². The molecule has 5 nitrogen and oxygen atoms in total. The third kappa shape index (κ3) is 0.704. The van der Waals surface area contributed by atoms with Crippen LogP contribution in [0.1, 0.15) is 6.42 Å². The van der Waals surface area contributed by atoms with Crippen molar-refractivity contribution in [1.82, 2.24) is 9.36 Å². The number of rotatable bonds is 1. The monoisotopic (exact) mass is 168 g/mol. The Morgan fingerprint density at radius 2 is 2.08 bits per heavy atom. The number of hydrogen-bond donors (Lipinski definition) is 2. The molecule has 0 spiro atoms. The zero-order valence-electron chi connectivity index (χ0n) is 7.00. The van der Waals surface area contributed by atoms with E-state index in [1.807, 2.05) is 4.68 Å². The van der Waals surface area contributed by atoms with Gasteiger partial charge in [-0.25, -0.2) is 4.68 Å². The Hall–Kier alpha value is -1.39. The number of anilines is 2. The smallest absolute Gasteiger partial charge is 0.292 e. The lowest BCUT2D eigenvalue weighted by Gasteiger charge is -2.03. The van der Waals surface area contributed by atoms with Gasteiger partial charge in [0.25, 0.3) is 5.56 Å². The molecule has 0 radical (unpaired) electrons. The molecule has 1 aliphatic heterocycles. The Bertz CT molecular complexity index is 362. The van der Waals surface area contributed by atoms with Crippen LogP contribution in [0.15, 0.2) is 4.79 Å². The summed E-state index contributed by atoms with van der Waals surface area (Å²) in [4.78, 5) is 11.4. The second kappa shape index (κ2) is 2.30. The summed E-state index contributed by atoms with van der Waals surface area (Å²) in [5, 5.41) is 2.93. The second-order valence-corrected chi connectivity index (χ2v) is 2.92. The molecule has 5 heteroatoms. The highest BCUT2D eigenvalue weighted by molar-refractivity contribution is 5.60. The maximum Gasteiger partial charge on any atom is 0.292 e. The molecule has 0 aliphatic carbocycles. The van der Waals surface area contributed by atoms with Gasteiger partial charge in [0.2, 0.25) is 0 Å². The molecule has 2 rings (SSSR count). The molecule has 0 saturated carbocycles. The highest BCUT2D eigenvalue weighted by Gasteiger charge is 2.19. The molecule has 0 fully saturated rings. The van der Waals surface area contributed by atoms with Gasteiger partial charge >= 0.3 is 0 Å².